The fourth-order valence-electron chi connectivity index (χ4n) is 2.33. The van der Waals surface area contributed by atoms with Crippen molar-refractivity contribution >= 4 is 21.9 Å². The van der Waals surface area contributed by atoms with Crippen molar-refractivity contribution in [3.63, 3.8) is 0 Å². The Morgan fingerprint density at radius 2 is 2.22 bits per heavy atom. The third-order valence-electron chi connectivity index (χ3n) is 3.73. The summed E-state index contributed by atoms with van der Waals surface area (Å²) >= 11 is 3.47. The lowest BCUT2D eigenvalue weighted by atomic mass is 9.79. The summed E-state index contributed by atoms with van der Waals surface area (Å²) in [4.78, 5) is 13.0. The van der Waals surface area contributed by atoms with Crippen LogP contribution in [0.15, 0.2) is 28.7 Å². The number of carbonyl (C=O) groups is 1. The molecule has 2 rings (SSSR count). The second-order valence-electron chi connectivity index (χ2n) is 5.02. The van der Waals surface area contributed by atoms with Gasteiger partial charge in [0.25, 0.3) is 0 Å². The van der Waals surface area contributed by atoms with E-state index in [2.05, 4.69) is 40.0 Å². The lowest BCUT2D eigenvalue weighted by molar-refractivity contribution is -0.146. The van der Waals surface area contributed by atoms with Gasteiger partial charge in [-0.1, -0.05) is 28.1 Å². The molecule has 0 bridgehead atoms. The van der Waals surface area contributed by atoms with E-state index in [-0.39, 0.29) is 5.92 Å². The number of carboxylic acids is 1. The molecule has 0 amide bonds. The smallest absolute Gasteiger partial charge is 0.306 e. The molecule has 0 spiro atoms. The van der Waals surface area contributed by atoms with Crippen molar-refractivity contribution in [1.29, 1.82) is 0 Å². The maximum Gasteiger partial charge on any atom is 0.306 e. The van der Waals surface area contributed by atoms with Crippen LogP contribution in [0.4, 0.5) is 0 Å². The van der Waals surface area contributed by atoms with Gasteiger partial charge in [-0.3, -0.25) is 4.79 Å². The molecule has 4 heteroatoms. The molecule has 98 valence electrons. The lowest BCUT2D eigenvalue weighted by Crippen LogP contribution is -2.45. The van der Waals surface area contributed by atoms with Crippen molar-refractivity contribution in [3.05, 3.63) is 34.3 Å². The molecule has 0 unspecified atom stereocenters. The van der Waals surface area contributed by atoms with E-state index in [1.165, 1.54) is 5.56 Å². The van der Waals surface area contributed by atoms with Crippen molar-refractivity contribution in [2.75, 3.05) is 13.6 Å². The Labute approximate surface area is 116 Å². The molecule has 18 heavy (non-hydrogen) atoms. The number of likely N-dealkylation sites (N-methyl/N-ethyl adjacent to an activating group) is 1. The van der Waals surface area contributed by atoms with Gasteiger partial charge >= 0.3 is 5.97 Å². The second kappa shape index (κ2) is 5.85. The molecule has 1 aliphatic rings. The topological polar surface area (TPSA) is 40.5 Å². The van der Waals surface area contributed by atoms with Crippen LogP contribution in [0.2, 0.25) is 0 Å². The summed E-state index contributed by atoms with van der Waals surface area (Å²) in [6.07, 6.45) is 2.60. The Kier molecular flexibility index (Phi) is 4.40. The summed E-state index contributed by atoms with van der Waals surface area (Å²) in [6.45, 7) is 0.980. The molecule has 1 saturated carbocycles. The van der Waals surface area contributed by atoms with Crippen LogP contribution in [0.1, 0.15) is 18.4 Å². The van der Waals surface area contributed by atoms with E-state index >= 15 is 0 Å². The zero-order valence-electron chi connectivity index (χ0n) is 10.5. The SMILES string of the molecule is CN(CCc1cccc(Br)c1)C1CC(C(=O)O)C1. The third-order valence-corrected chi connectivity index (χ3v) is 4.22. The Morgan fingerprint density at radius 3 is 2.83 bits per heavy atom. The van der Waals surface area contributed by atoms with E-state index in [0.29, 0.717) is 6.04 Å². The van der Waals surface area contributed by atoms with E-state index in [1.54, 1.807) is 0 Å². The van der Waals surface area contributed by atoms with Gasteiger partial charge in [-0.2, -0.15) is 0 Å². The predicted octanol–water partition coefficient (Wildman–Crippen LogP) is 2.79. The molecule has 3 nitrogen and oxygen atoms in total. The molecule has 0 radical (unpaired) electrons. The van der Waals surface area contributed by atoms with Crippen LogP contribution in [0, 0.1) is 5.92 Å². The van der Waals surface area contributed by atoms with E-state index in [1.807, 2.05) is 12.1 Å². The first-order valence-corrected chi connectivity index (χ1v) is 7.03. The molecule has 1 N–H and O–H groups in total. The molecule has 0 atom stereocenters. The van der Waals surface area contributed by atoms with Crippen molar-refractivity contribution in [3.8, 4) is 0 Å². The molecule has 0 aromatic heterocycles. The van der Waals surface area contributed by atoms with Crippen LogP contribution in [0.25, 0.3) is 0 Å². The van der Waals surface area contributed by atoms with Crippen LogP contribution in [0.5, 0.6) is 0 Å². The van der Waals surface area contributed by atoms with Crippen molar-refractivity contribution < 1.29 is 9.90 Å². The highest BCUT2D eigenvalue weighted by Crippen LogP contribution is 2.31. The minimum atomic E-state index is -0.647. The fraction of sp³-hybridized carbons (Fsp3) is 0.500. The van der Waals surface area contributed by atoms with Crippen LogP contribution in [0.3, 0.4) is 0 Å². The van der Waals surface area contributed by atoms with Crippen LogP contribution < -0.4 is 0 Å². The summed E-state index contributed by atoms with van der Waals surface area (Å²) in [6, 6.07) is 8.77. The number of benzene rings is 1. The molecule has 1 aromatic rings. The highest BCUT2D eigenvalue weighted by Gasteiger charge is 2.36. The predicted molar refractivity (Wildman–Crippen MR) is 74.6 cm³/mol. The summed E-state index contributed by atoms with van der Waals surface area (Å²) in [5.74, 6) is -0.769. The molecule has 0 aliphatic heterocycles. The maximum absolute atomic E-state index is 10.7. The van der Waals surface area contributed by atoms with Crippen molar-refractivity contribution in [1.82, 2.24) is 4.90 Å². The summed E-state index contributed by atoms with van der Waals surface area (Å²) < 4.78 is 1.11. The van der Waals surface area contributed by atoms with Crippen LogP contribution >= 0.6 is 15.9 Å². The van der Waals surface area contributed by atoms with Gasteiger partial charge in [0.15, 0.2) is 0 Å². The van der Waals surface area contributed by atoms with E-state index in [0.717, 1.165) is 30.3 Å². The average molecular weight is 312 g/mol. The zero-order chi connectivity index (χ0) is 13.1. The maximum atomic E-state index is 10.7. The first-order chi connectivity index (χ1) is 8.56. The summed E-state index contributed by atoms with van der Waals surface area (Å²) in [7, 11) is 2.08. The van der Waals surface area contributed by atoms with Crippen molar-refractivity contribution in [2.45, 2.75) is 25.3 Å². The first-order valence-electron chi connectivity index (χ1n) is 6.23. The molecule has 1 aliphatic carbocycles. The van der Waals surface area contributed by atoms with E-state index in [9.17, 15) is 4.79 Å². The van der Waals surface area contributed by atoms with Gasteiger partial charge in [0.05, 0.1) is 5.92 Å². The summed E-state index contributed by atoms with van der Waals surface area (Å²) in [5, 5.41) is 8.85. The van der Waals surface area contributed by atoms with Crippen LogP contribution in [-0.2, 0) is 11.2 Å². The van der Waals surface area contributed by atoms with E-state index in [4.69, 9.17) is 5.11 Å². The van der Waals surface area contributed by atoms with Gasteiger partial charge in [0, 0.05) is 17.1 Å². The average Bonchev–Trinajstić information content (AvgIpc) is 2.24. The fourth-order valence-corrected chi connectivity index (χ4v) is 2.78. The third kappa shape index (κ3) is 3.33. The highest BCUT2D eigenvalue weighted by molar-refractivity contribution is 9.10. The van der Waals surface area contributed by atoms with Crippen molar-refractivity contribution in [2.24, 2.45) is 5.92 Å². The minimum absolute atomic E-state index is 0.122. The van der Waals surface area contributed by atoms with Gasteiger partial charge in [0.1, 0.15) is 0 Å². The zero-order valence-corrected chi connectivity index (χ0v) is 12.1. The normalized spacial score (nSPS) is 22.8. The monoisotopic (exact) mass is 311 g/mol. The molecule has 1 fully saturated rings. The van der Waals surface area contributed by atoms with Gasteiger partial charge in [-0.05, 0) is 44.0 Å². The first kappa shape index (κ1) is 13.6. The number of hydrogen-bond acceptors (Lipinski definition) is 2. The number of rotatable bonds is 5. The van der Waals surface area contributed by atoms with Gasteiger partial charge in [0.2, 0.25) is 0 Å². The Hall–Kier alpha value is -0.870. The highest BCUT2D eigenvalue weighted by atomic mass is 79.9. The number of hydrogen-bond donors (Lipinski definition) is 1. The molecule has 1 aromatic carbocycles. The molecular weight excluding hydrogens is 294 g/mol. The molecule has 0 heterocycles. The van der Waals surface area contributed by atoms with E-state index < -0.39 is 5.97 Å². The lowest BCUT2D eigenvalue weighted by Gasteiger charge is -2.39. The Balaban J connectivity index is 1.76. The standard InChI is InChI=1S/C14H18BrNO2/c1-16(13-8-11(9-13)14(17)18)6-5-10-3-2-4-12(15)7-10/h2-4,7,11,13H,5-6,8-9H2,1H3,(H,17,18). The Bertz CT molecular complexity index is 430. The number of aliphatic carboxylic acids is 1. The Morgan fingerprint density at radius 1 is 1.50 bits per heavy atom. The van der Waals surface area contributed by atoms with Crippen LogP contribution in [-0.4, -0.2) is 35.6 Å². The number of carboxylic acid groups (broad SMARTS) is 1. The molecular formula is C14H18BrNO2. The summed E-state index contributed by atoms with van der Waals surface area (Å²) in [5.41, 5.74) is 1.31. The largest absolute Gasteiger partial charge is 0.481 e. The number of halogens is 1. The molecule has 0 saturated heterocycles. The quantitative estimate of drug-likeness (QED) is 0.909. The van der Waals surface area contributed by atoms with Gasteiger partial charge in [-0.15, -0.1) is 0 Å². The second-order valence-corrected chi connectivity index (χ2v) is 5.94. The van der Waals surface area contributed by atoms with Gasteiger partial charge in [-0.25, -0.2) is 0 Å². The minimum Gasteiger partial charge on any atom is -0.481 e. The number of nitrogens with zero attached hydrogens (tertiary/aromatic N) is 1. The van der Waals surface area contributed by atoms with Gasteiger partial charge < -0.3 is 10.0 Å².